The Hall–Kier alpha value is -2.21. The largest absolute Gasteiger partial charge is 0.378 e. The number of nitrogens with one attached hydrogen (secondary N) is 1. The summed E-state index contributed by atoms with van der Waals surface area (Å²) in [7, 11) is 0. The lowest BCUT2D eigenvalue weighted by Gasteiger charge is -2.10. The van der Waals surface area contributed by atoms with Gasteiger partial charge in [0.2, 0.25) is 5.91 Å². The van der Waals surface area contributed by atoms with Gasteiger partial charge in [0.05, 0.1) is 11.8 Å². The summed E-state index contributed by atoms with van der Waals surface area (Å²) >= 11 is 0. The van der Waals surface area contributed by atoms with Gasteiger partial charge < -0.3 is 10.1 Å². The smallest absolute Gasteiger partial charge is 0.220 e. The van der Waals surface area contributed by atoms with Gasteiger partial charge in [0.1, 0.15) is 0 Å². The zero-order valence-electron chi connectivity index (χ0n) is 14.3. The Bertz CT molecular complexity index is 688. The molecule has 1 aliphatic rings. The molecule has 6 nitrogen and oxygen atoms in total. The van der Waals surface area contributed by atoms with Crippen LogP contribution in [0.3, 0.4) is 0 Å². The second kappa shape index (κ2) is 7.57. The van der Waals surface area contributed by atoms with Crippen LogP contribution in [0.15, 0.2) is 24.4 Å². The lowest BCUT2D eigenvalue weighted by molar-refractivity contribution is -0.121. The predicted molar refractivity (Wildman–Crippen MR) is 90.9 cm³/mol. The first-order valence-corrected chi connectivity index (χ1v) is 8.48. The third kappa shape index (κ3) is 4.20. The summed E-state index contributed by atoms with van der Waals surface area (Å²) in [4.78, 5) is 16.3. The Labute approximate surface area is 142 Å². The first-order valence-electron chi connectivity index (χ1n) is 8.48. The zero-order chi connectivity index (χ0) is 16.9. The van der Waals surface area contributed by atoms with Gasteiger partial charge in [0, 0.05) is 31.5 Å². The second-order valence-corrected chi connectivity index (χ2v) is 6.31. The van der Waals surface area contributed by atoms with Crippen LogP contribution >= 0.6 is 0 Å². The summed E-state index contributed by atoms with van der Waals surface area (Å²) < 4.78 is 7.35. The third-order valence-corrected chi connectivity index (χ3v) is 4.24. The van der Waals surface area contributed by atoms with E-state index in [9.17, 15) is 4.79 Å². The number of carbonyl (C=O) groups is 1. The molecule has 0 unspecified atom stereocenters. The van der Waals surface area contributed by atoms with E-state index in [1.165, 1.54) is 0 Å². The van der Waals surface area contributed by atoms with Gasteiger partial charge in [-0.25, -0.2) is 9.67 Å². The maximum atomic E-state index is 11.9. The Balaban J connectivity index is 1.49. The molecule has 3 heterocycles. The SMILES string of the molecule is Cc1cc(C)n(-c2ccc(CNC(=O)CC[C@@H]3CCCO3)cn2)n1. The van der Waals surface area contributed by atoms with Crippen LogP contribution in [0, 0.1) is 13.8 Å². The average molecular weight is 328 g/mol. The number of pyridine rings is 1. The summed E-state index contributed by atoms with van der Waals surface area (Å²) in [5, 5.41) is 7.36. The molecule has 3 rings (SSSR count). The van der Waals surface area contributed by atoms with E-state index in [1.54, 1.807) is 6.20 Å². The highest BCUT2D eigenvalue weighted by Crippen LogP contribution is 2.16. The summed E-state index contributed by atoms with van der Waals surface area (Å²) in [6.45, 7) is 5.29. The number of nitrogens with zero attached hydrogens (tertiary/aromatic N) is 3. The van der Waals surface area contributed by atoms with Gasteiger partial charge in [-0.05, 0) is 50.8 Å². The second-order valence-electron chi connectivity index (χ2n) is 6.31. The molecule has 128 valence electrons. The van der Waals surface area contributed by atoms with Crippen molar-refractivity contribution in [3.05, 3.63) is 41.3 Å². The molecule has 0 spiro atoms. The van der Waals surface area contributed by atoms with Crippen molar-refractivity contribution in [3.8, 4) is 5.82 Å². The van der Waals surface area contributed by atoms with E-state index in [0.717, 1.165) is 48.6 Å². The molecule has 0 aliphatic carbocycles. The quantitative estimate of drug-likeness (QED) is 0.884. The zero-order valence-corrected chi connectivity index (χ0v) is 14.3. The maximum Gasteiger partial charge on any atom is 0.220 e. The number of aromatic nitrogens is 3. The van der Waals surface area contributed by atoms with Crippen LogP contribution in [0.4, 0.5) is 0 Å². The molecular weight excluding hydrogens is 304 g/mol. The number of hydrogen-bond donors (Lipinski definition) is 1. The molecule has 1 N–H and O–H groups in total. The summed E-state index contributed by atoms with van der Waals surface area (Å²) in [5.41, 5.74) is 3.00. The lowest BCUT2D eigenvalue weighted by Crippen LogP contribution is -2.24. The van der Waals surface area contributed by atoms with Crippen molar-refractivity contribution in [1.29, 1.82) is 0 Å². The highest BCUT2D eigenvalue weighted by molar-refractivity contribution is 5.75. The third-order valence-electron chi connectivity index (χ3n) is 4.24. The van der Waals surface area contributed by atoms with E-state index < -0.39 is 0 Å². The molecule has 1 fully saturated rings. The van der Waals surface area contributed by atoms with E-state index in [1.807, 2.05) is 36.7 Å². The maximum absolute atomic E-state index is 11.9. The Morgan fingerprint density at radius 3 is 2.92 bits per heavy atom. The normalized spacial score (nSPS) is 17.2. The van der Waals surface area contributed by atoms with Crippen LogP contribution < -0.4 is 5.32 Å². The van der Waals surface area contributed by atoms with Gasteiger partial charge in [-0.3, -0.25) is 4.79 Å². The summed E-state index contributed by atoms with van der Waals surface area (Å²) in [6.07, 6.45) is 5.55. The monoisotopic (exact) mass is 328 g/mol. The fourth-order valence-corrected chi connectivity index (χ4v) is 2.96. The Morgan fingerprint density at radius 2 is 2.29 bits per heavy atom. The molecule has 1 aliphatic heterocycles. The van der Waals surface area contributed by atoms with Gasteiger partial charge >= 0.3 is 0 Å². The first-order chi connectivity index (χ1) is 11.6. The summed E-state index contributed by atoms with van der Waals surface area (Å²) in [6, 6.07) is 5.91. The van der Waals surface area contributed by atoms with Crippen LogP contribution in [0.2, 0.25) is 0 Å². The van der Waals surface area contributed by atoms with Crippen molar-refractivity contribution >= 4 is 5.91 Å². The van der Waals surface area contributed by atoms with Gasteiger partial charge in [-0.2, -0.15) is 5.10 Å². The van der Waals surface area contributed by atoms with Crippen molar-refractivity contribution in [1.82, 2.24) is 20.1 Å². The molecule has 0 saturated carbocycles. The topological polar surface area (TPSA) is 69.0 Å². The van der Waals surface area contributed by atoms with Crippen molar-refractivity contribution in [2.75, 3.05) is 6.61 Å². The van der Waals surface area contributed by atoms with E-state index in [0.29, 0.717) is 13.0 Å². The van der Waals surface area contributed by atoms with Crippen LogP contribution in [-0.4, -0.2) is 33.4 Å². The minimum atomic E-state index is 0.0631. The molecule has 1 amide bonds. The highest BCUT2D eigenvalue weighted by Gasteiger charge is 2.16. The Morgan fingerprint density at radius 1 is 1.42 bits per heavy atom. The Kier molecular flexibility index (Phi) is 5.25. The lowest BCUT2D eigenvalue weighted by atomic mass is 10.1. The molecule has 0 bridgehead atoms. The molecular formula is C18H24N4O2. The molecule has 0 aromatic carbocycles. The minimum absolute atomic E-state index is 0.0631. The number of hydrogen-bond acceptors (Lipinski definition) is 4. The molecule has 6 heteroatoms. The van der Waals surface area contributed by atoms with Crippen LogP contribution in [0.25, 0.3) is 5.82 Å². The van der Waals surface area contributed by atoms with Crippen molar-refractivity contribution in [2.24, 2.45) is 0 Å². The predicted octanol–water partition coefficient (Wildman–Crippen LogP) is 2.46. The number of ether oxygens (including phenoxy) is 1. The van der Waals surface area contributed by atoms with Crippen LogP contribution in [-0.2, 0) is 16.1 Å². The fourth-order valence-electron chi connectivity index (χ4n) is 2.96. The molecule has 24 heavy (non-hydrogen) atoms. The van der Waals surface area contributed by atoms with Crippen LogP contribution in [0.1, 0.15) is 42.6 Å². The van der Waals surface area contributed by atoms with Crippen molar-refractivity contribution in [3.63, 3.8) is 0 Å². The van der Waals surface area contributed by atoms with E-state index in [-0.39, 0.29) is 12.0 Å². The minimum Gasteiger partial charge on any atom is -0.378 e. The van der Waals surface area contributed by atoms with Crippen molar-refractivity contribution < 1.29 is 9.53 Å². The molecule has 0 radical (unpaired) electrons. The van der Waals surface area contributed by atoms with E-state index in [2.05, 4.69) is 15.4 Å². The van der Waals surface area contributed by atoms with E-state index in [4.69, 9.17) is 4.74 Å². The van der Waals surface area contributed by atoms with E-state index >= 15 is 0 Å². The van der Waals surface area contributed by atoms with Gasteiger partial charge in [-0.15, -0.1) is 0 Å². The molecule has 1 atom stereocenters. The molecule has 2 aromatic heterocycles. The number of amides is 1. The van der Waals surface area contributed by atoms with Gasteiger partial charge in [-0.1, -0.05) is 6.07 Å². The highest BCUT2D eigenvalue weighted by atomic mass is 16.5. The number of rotatable bonds is 6. The van der Waals surface area contributed by atoms with Gasteiger partial charge in [0.15, 0.2) is 5.82 Å². The molecule has 2 aromatic rings. The first kappa shape index (κ1) is 16.6. The number of carbonyl (C=O) groups excluding carboxylic acids is 1. The van der Waals surface area contributed by atoms with Crippen molar-refractivity contribution in [2.45, 2.75) is 52.2 Å². The molecule has 1 saturated heterocycles. The standard InChI is InChI=1S/C18H24N4O2/c1-13-10-14(2)22(21-13)17-7-5-15(11-19-17)12-20-18(23)8-6-16-4-3-9-24-16/h5,7,10-11,16H,3-4,6,8-9,12H2,1-2H3,(H,20,23)/t16-/m0/s1. The average Bonchev–Trinajstić information content (AvgIpc) is 3.21. The van der Waals surface area contributed by atoms with Crippen LogP contribution in [0.5, 0.6) is 0 Å². The fraction of sp³-hybridized carbons (Fsp3) is 0.500. The summed E-state index contributed by atoms with van der Waals surface area (Å²) in [5.74, 6) is 0.849. The number of aryl methyl sites for hydroxylation is 2. The van der Waals surface area contributed by atoms with Gasteiger partial charge in [0.25, 0.3) is 0 Å².